The van der Waals surface area contributed by atoms with Crippen LogP contribution in [0.5, 0.6) is 0 Å². The van der Waals surface area contributed by atoms with Crippen molar-refractivity contribution < 1.29 is 22.7 Å². The summed E-state index contributed by atoms with van der Waals surface area (Å²) in [4.78, 5) is 29.7. The van der Waals surface area contributed by atoms with Gasteiger partial charge in [0.05, 0.1) is 35.4 Å². The minimum absolute atomic E-state index is 0.0924. The molecule has 33 heavy (non-hydrogen) atoms. The van der Waals surface area contributed by atoms with Crippen LogP contribution in [0.2, 0.25) is 0 Å². The summed E-state index contributed by atoms with van der Waals surface area (Å²) in [5.74, 6) is 1.19. The van der Waals surface area contributed by atoms with Crippen molar-refractivity contribution in [1.82, 2.24) is 8.87 Å². The van der Waals surface area contributed by atoms with Gasteiger partial charge in [-0.2, -0.15) is 9.30 Å². The number of amides is 1. The average molecular weight is 504 g/mol. The topological polar surface area (TPSA) is 98.0 Å². The second kappa shape index (κ2) is 9.61. The number of thiophene rings is 1. The second-order valence-corrected chi connectivity index (χ2v) is 11.6. The minimum atomic E-state index is -3.63. The van der Waals surface area contributed by atoms with E-state index in [1.807, 2.05) is 0 Å². The van der Waals surface area contributed by atoms with Crippen molar-refractivity contribution in [2.45, 2.75) is 23.6 Å². The summed E-state index contributed by atoms with van der Waals surface area (Å²) < 4.78 is 34.6. The third-order valence-corrected chi connectivity index (χ3v) is 9.66. The summed E-state index contributed by atoms with van der Waals surface area (Å²) in [7, 11) is -2.32. The lowest BCUT2D eigenvalue weighted by atomic mass is 9.99. The zero-order chi connectivity index (χ0) is 23.6. The molecule has 4 rings (SSSR count). The molecule has 1 aromatic carbocycles. The molecule has 0 aliphatic carbocycles. The maximum Gasteiger partial charge on any atom is 0.337 e. The van der Waals surface area contributed by atoms with Crippen LogP contribution in [0, 0.1) is 18.3 Å². The van der Waals surface area contributed by atoms with Gasteiger partial charge in [-0.25, -0.2) is 13.2 Å². The van der Waals surface area contributed by atoms with Gasteiger partial charge < -0.3 is 9.30 Å². The van der Waals surface area contributed by atoms with Gasteiger partial charge in [-0.3, -0.25) is 4.79 Å². The Kier molecular flexibility index (Phi) is 6.81. The molecule has 1 saturated heterocycles. The van der Waals surface area contributed by atoms with E-state index in [4.69, 9.17) is 11.2 Å². The average Bonchev–Trinajstić information content (AvgIpc) is 3.48. The Balaban J connectivity index is 1.66. The Morgan fingerprint density at radius 3 is 2.85 bits per heavy atom. The number of terminal acetylenes is 1. The van der Waals surface area contributed by atoms with Crippen molar-refractivity contribution in [1.29, 1.82) is 0 Å². The third-order valence-electron chi connectivity index (χ3n) is 5.38. The van der Waals surface area contributed by atoms with E-state index >= 15 is 0 Å². The van der Waals surface area contributed by atoms with Gasteiger partial charge in [0.2, 0.25) is 0 Å². The van der Waals surface area contributed by atoms with Crippen LogP contribution >= 0.6 is 22.7 Å². The van der Waals surface area contributed by atoms with Crippen LogP contribution in [0.25, 0.3) is 10.2 Å². The number of carbonyl (C=O) groups is 2. The van der Waals surface area contributed by atoms with Gasteiger partial charge in [-0.15, -0.1) is 17.8 Å². The monoisotopic (exact) mass is 503 g/mol. The molecule has 0 radical (unpaired) electrons. The quantitative estimate of drug-likeness (QED) is 0.394. The number of thiazole rings is 1. The maximum atomic E-state index is 13.1. The number of hydrogen-bond donors (Lipinski definition) is 0. The molecule has 1 fully saturated rings. The number of benzene rings is 1. The van der Waals surface area contributed by atoms with E-state index in [1.165, 1.54) is 22.8 Å². The number of aromatic nitrogens is 1. The van der Waals surface area contributed by atoms with Gasteiger partial charge in [0.25, 0.3) is 15.9 Å². The van der Waals surface area contributed by atoms with E-state index in [0.717, 1.165) is 21.6 Å². The van der Waals surface area contributed by atoms with Crippen LogP contribution in [0.1, 0.15) is 23.2 Å². The first kappa shape index (κ1) is 23.4. The van der Waals surface area contributed by atoms with Crippen molar-refractivity contribution >= 4 is 54.8 Å². The molecule has 11 heteroatoms. The molecule has 1 unspecified atom stereocenters. The molecule has 0 spiro atoms. The number of piperidine rings is 1. The fourth-order valence-electron chi connectivity index (χ4n) is 3.73. The zero-order valence-corrected chi connectivity index (χ0v) is 20.2. The lowest BCUT2D eigenvalue weighted by Crippen LogP contribution is -2.42. The SMILES string of the molecule is C#CCn1c(=NC(=O)C2CCCN(S(=O)(=O)c3cccs3)C2)sc2cc(C(=O)OC)ccc21. The number of carbonyl (C=O) groups excluding carboxylic acids is 2. The van der Waals surface area contributed by atoms with Crippen molar-refractivity contribution in [2.75, 3.05) is 20.2 Å². The number of sulfonamides is 1. The first-order chi connectivity index (χ1) is 15.8. The lowest BCUT2D eigenvalue weighted by molar-refractivity contribution is -0.122. The van der Waals surface area contributed by atoms with E-state index < -0.39 is 21.9 Å². The Bertz CT molecular complexity index is 1410. The predicted molar refractivity (Wildman–Crippen MR) is 126 cm³/mol. The summed E-state index contributed by atoms with van der Waals surface area (Å²) >= 11 is 2.40. The number of nitrogens with zero attached hydrogens (tertiary/aromatic N) is 3. The molecular formula is C22H21N3O5S3. The van der Waals surface area contributed by atoms with Crippen LogP contribution in [0.3, 0.4) is 0 Å². The van der Waals surface area contributed by atoms with Gasteiger partial charge in [0.15, 0.2) is 4.80 Å². The Morgan fingerprint density at radius 2 is 2.15 bits per heavy atom. The molecule has 0 N–H and O–H groups in total. The maximum absolute atomic E-state index is 13.1. The van der Waals surface area contributed by atoms with Crippen molar-refractivity contribution in [3.05, 3.63) is 46.1 Å². The normalized spacial score (nSPS) is 17.7. The Morgan fingerprint density at radius 1 is 1.33 bits per heavy atom. The standard InChI is InChI=1S/C22H21N3O5S3/c1-3-10-25-17-9-8-15(21(27)30-2)13-18(17)32-22(25)23-20(26)16-6-4-11-24(14-16)33(28,29)19-7-5-12-31-19/h1,5,7-9,12-13,16H,4,6,10-11,14H2,2H3. The molecule has 3 heterocycles. The molecule has 1 amide bonds. The number of methoxy groups -OCH3 is 1. The van der Waals surface area contributed by atoms with E-state index in [2.05, 4.69) is 10.9 Å². The number of ether oxygens (including phenoxy) is 1. The van der Waals surface area contributed by atoms with Gasteiger partial charge in [0.1, 0.15) is 4.21 Å². The highest BCUT2D eigenvalue weighted by atomic mass is 32.2. The highest BCUT2D eigenvalue weighted by molar-refractivity contribution is 7.91. The number of esters is 1. The summed E-state index contributed by atoms with van der Waals surface area (Å²) in [6.07, 6.45) is 6.67. The van der Waals surface area contributed by atoms with Crippen molar-refractivity contribution in [3.8, 4) is 12.3 Å². The van der Waals surface area contributed by atoms with E-state index in [9.17, 15) is 18.0 Å². The van der Waals surface area contributed by atoms with E-state index in [1.54, 1.807) is 40.3 Å². The number of fused-ring (bicyclic) bond motifs is 1. The molecule has 1 atom stereocenters. The predicted octanol–water partition coefficient (Wildman–Crippen LogP) is 2.71. The summed E-state index contributed by atoms with van der Waals surface area (Å²) in [5.41, 5.74) is 1.14. The van der Waals surface area contributed by atoms with Crippen molar-refractivity contribution in [2.24, 2.45) is 10.9 Å². The van der Waals surface area contributed by atoms with E-state index in [0.29, 0.717) is 29.8 Å². The van der Waals surface area contributed by atoms with Crippen LogP contribution in [0.4, 0.5) is 0 Å². The van der Waals surface area contributed by atoms with Crippen LogP contribution in [0.15, 0.2) is 44.9 Å². The zero-order valence-electron chi connectivity index (χ0n) is 17.8. The smallest absolute Gasteiger partial charge is 0.337 e. The van der Waals surface area contributed by atoms with Crippen LogP contribution < -0.4 is 4.80 Å². The number of rotatable bonds is 5. The molecule has 2 aromatic heterocycles. The van der Waals surface area contributed by atoms with Gasteiger partial charge >= 0.3 is 5.97 Å². The highest BCUT2D eigenvalue weighted by Crippen LogP contribution is 2.27. The molecule has 3 aromatic rings. The van der Waals surface area contributed by atoms with Crippen LogP contribution in [-0.4, -0.2) is 49.4 Å². The van der Waals surface area contributed by atoms with E-state index in [-0.39, 0.29) is 23.2 Å². The first-order valence-corrected chi connectivity index (χ1v) is 13.3. The van der Waals surface area contributed by atoms with Crippen molar-refractivity contribution in [3.63, 3.8) is 0 Å². The Hall–Kier alpha value is -2.78. The molecular weight excluding hydrogens is 482 g/mol. The highest BCUT2D eigenvalue weighted by Gasteiger charge is 2.33. The fraction of sp³-hybridized carbons (Fsp3) is 0.318. The summed E-state index contributed by atoms with van der Waals surface area (Å²) in [6.45, 7) is 0.669. The van der Waals surface area contributed by atoms with Gasteiger partial charge in [0, 0.05) is 13.1 Å². The van der Waals surface area contributed by atoms with Crippen LogP contribution in [-0.2, 0) is 26.1 Å². The Labute approximate surface area is 199 Å². The summed E-state index contributed by atoms with van der Waals surface area (Å²) in [6, 6.07) is 8.32. The number of hydrogen-bond acceptors (Lipinski definition) is 7. The van der Waals surface area contributed by atoms with Gasteiger partial charge in [-0.1, -0.05) is 23.3 Å². The second-order valence-electron chi connectivity index (χ2n) is 7.43. The lowest BCUT2D eigenvalue weighted by Gasteiger charge is -2.29. The summed E-state index contributed by atoms with van der Waals surface area (Å²) in [5, 5.41) is 1.71. The molecule has 8 nitrogen and oxygen atoms in total. The largest absolute Gasteiger partial charge is 0.465 e. The molecule has 1 aliphatic heterocycles. The third kappa shape index (κ3) is 4.65. The molecule has 172 valence electrons. The fourth-order valence-corrected chi connectivity index (χ4v) is 7.48. The molecule has 0 saturated carbocycles. The van der Waals surface area contributed by atoms with Gasteiger partial charge in [-0.05, 0) is 42.5 Å². The minimum Gasteiger partial charge on any atom is -0.465 e. The first-order valence-electron chi connectivity index (χ1n) is 10.1. The molecule has 0 bridgehead atoms. The molecule has 1 aliphatic rings.